The van der Waals surface area contributed by atoms with Crippen molar-refractivity contribution in [2.45, 2.75) is 13.5 Å². The second-order valence-electron chi connectivity index (χ2n) is 4.14. The van der Waals surface area contributed by atoms with Crippen molar-refractivity contribution in [1.29, 1.82) is 0 Å². The number of nitrogens with one attached hydrogen (secondary N) is 1. The van der Waals surface area contributed by atoms with Gasteiger partial charge >= 0.3 is 0 Å². The molecule has 0 saturated heterocycles. The average Bonchev–Trinajstić information content (AvgIpc) is 2.42. The third kappa shape index (κ3) is 5.95. The first-order valence-electron chi connectivity index (χ1n) is 6.04. The first kappa shape index (κ1) is 16.5. The zero-order valence-electron chi connectivity index (χ0n) is 11.2. The van der Waals surface area contributed by atoms with Gasteiger partial charge in [-0.1, -0.05) is 23.7 Å². The van der Waals surface area contributed by atoms with Gasteiger partial charge in [0, 0.05) is 31.3 Å². The Bertz CT molecular complexity index is 424. The second-order valence-corrected chi connectivity index (χ2v) is 5.21. The van der Waals surface area contributed by atoms with Gasteiger partial charge in [-0.15, -0.1) is 0 Å². The summed E-state index contributed by atoms with van der Waals surface area (Å²) in [6.45, 7) is 4.65. The van der Waals surface area contributed by atoms with Crippen molar-refractivity contribution in [2.24, 2.45) is 0 Å². The van der Waals surface area contributed by atoms with Gasteiger partial charge in [0.2, 0.25) is 0 Å². The van der Waals surface area contributed by atoms with Crippen molar-refractivity contribution >= 4 is 27.5 Å². The van der Waals surface area contributed by atoms with Crippen LogP contribution in [0.25, 0.3) is 0 Å². The molecule has 0 aliphatic carbocycles. The van der Waals surface area contributed by atoms with Crippen molar-refractivity contribution in [3.8, 4) is 5.75 Å². The van der Waals surface area contributed by atoms with Gasteiger partial charge in [0.05, 0.1) is 11.1 Å². The first-order valence-corrected chi connectivity index (χ1v) is 7.27. The lowest BCUT2D eigenvalue weighted by Crippen LogP contribution is -2.19. The Balaban J connectivity index is 2.66. The molecule has 5 heteroatoms. The molecule has 19 heavy (non-hydrogen) atoms. The highest BCUT2D eigenvalue weighted by atomic mass is 79.9. The molecule has 0 bridgehead atoms. The van der Waals surface area contributed by atoms with Crippen molar-refractivity contribution in [3.63, 3.8) is 0 Å². The topological polar surface area (TPSA) is 30.5 Å². The van der Waals surface area contributed by atoms with Crippen LogP contribution in [0.2, 0.25) is 0 Å². The van der Waals surface area contributed by atoms with E-state index in [1.807, 2.05) is 25.1 Å². The maximum Gasteiger partial charge on any atom is 0.138 e. The van der Waals surface area contributed by atoms with Gasteiger partial charge in [0.25, 0.3) is 0 Å². The lowest BCUT2D eigenvalue weighted by Gasteiger charge is -2.14. The van der Waals surface area contributed by atoms with Gasteiger partial charge in [-0.05, 0) is 34.5 Å². The molecule has 0 atom stereocenters. The van der Waals surface area contributed by atoms with E-state index < -0.39 is 0 Å². The molecule has 0 spiro atoms. The van der Waals surface area contributed by atoms with Crippen molar-refractivity contribution in [3.05, 3.63) is 39.3 Å². The molecule has 0 amide bonds. The first-order chi connectivity index (χ1) is 9.19. The summed E-state index contributed by atoms with van der Waals surface area (Å²) in [6.07, 6.45) is 0. The minimum absolute atomic E-state index is 0.483. The van der Waals surface area contributed by atoms with E-state index in [0.29, 0.717) is 13.2 Å². The number of hydrogen-bond donors (Lipinski definition) is 1. The van der Waals surface area contributed by atoms with Gasteiger partial charge in [-0.3, -0.25) is 0 Å². The number of halogens is 2. The fourth-order valence-electron chi connectivity index (χ4n) is 1.47. The van der Waals surface area contributed by atoms with Crippen LogP contribution in [0.5, 0.6) is 5.75 Å². The van der Waals surface area contributed by atoms with Crippen molar-refractivity contribution in [2.75, 3.05) is 26.9 Å². The van der Waals surface area contributed by atoms with Crippen LogP contribution in [0.3, 0.4) is 0 Å². The summed E-state index contributed by atoms with van der Waals surface area (Å²) in [5.74, 6) is 0.852. The minimum atomic E-state index is 0.483. The van der Waals surface area contributed by atoms with Crippen LogP contribution >= 0.6 is 27.5 Å². The Kier molecular flexibility index (Phi) is 8.14. The summed E-state index contributed by atoms with van der Waals surface area (Å²) in [4.78, 5) is 0. The molecular formula is C14H19BrClNO2. The molecule has 0 radical (unpaired) electrons. The molecule has 106 valence electrons. The van der Waals surface area contributed by atoms with Gasteiger partial charge in [0.1, 0.15) is 12.4 Å². The summed E-state index contributed by atoms with van der Waals surface area (Å²) < 4.78 is 11.8. The molecule has 0 unspecified atom stereocenters. The summed E-state index contributed by atoms with van der Waals surface area (Å²) in [6, 6.07) is 6.00. The highest BCUT2D eigenvalue weighted by Gasteiger charge is 2.08. The zero-order valence-corrected chi connectivity index (χ0v) is 13.6. The van der Waals surface area contributed by atoms with Gasteiger partial charge in [0.15, 0.2) is 0 Å². The molecule has 0 fully saturated rings. The number of hydrogen-bond acceptors (Lipinski definition) is 3. The molecule has 1 aromatic carbocycles. The Morgan fingerprint density at radius 3 is 2.95 bits per heavy atom. The number of methoxy groups -OCH3 is 1. The third-order valence-corrected chi connectivity index (χ3v) is 3.47. The Hall–Kier alpha value is -0.550. The van der Waals surface area contributed by atoms with Gasteiger partial charge in [-0.2, -0.15) is 0 Å². The summed E-state index contributed by atoms with van der Waals surface area (Å²) in [5, 5.41) is 3.31. The molecule has 1 rings (SSSR count). The van der Waals surface area contributed by atoms with Crippen LogP contribution in [0.4, 0.5) is 0 Å². The largest absolute Gasteiger partial charge is 0.488 e. The summed E-state index contributed by atoms with van der Waals surface area (Å²) >= 11 is 9.15. The third-order valence-electron chi connectivity index (χ3n) is 2.48. The molecule has 1 N–H and O–H groups in total. The number of benzene rings is 1. The lowest BCUT2D eigenvalue weighted by atomic mass is 10.2. The van der Waals surface area contributed by atoms with Crippen LogP contribution in [-0.2, 0) is 11.3 Å². The molecule has 1 aromatic rings. The van der Waals surface area contributed by atoms with E-state index in [9.17, 15) is 0 Å². The second kappa shape index (κ2) is 9.37. The van der Waals surface area contributed by atoms with Gasteiger partial charge < -0.3 is 14.8 Å². The van der Waals surface area contributed by atoms with Crippen LogP contribution < -0.4 is 10.1 Å². The van der Waals surface area contributed by atoms with E-state index in [1.54, 1.807) is 7.11 Å². The van der Waals surface area contributed by atoms with Gasteiger partial charge in [-0.25, -0.2) is 0 Å². The smallest absolute Gasteiger partial charge is 0.138 e. The van der Waals surface area contributed by atoms with Crippen LogP contribution in [0, 0.1) is 0 Å². The van der Waals surface area contributed by atoms with Crippen molar-refractivity contribution in [1.82, 2.24) is 5.32 Å². The number of rotatable bonds is 8. The summed E-state index contributed by atoms with van der Waals surface area (Å²) in [7, 11) is 1.69. The zero-order chi connectivity index (χ0) is 14.1. The highest BCUT2D eigenvalue weighted by Crippen LogP contribution is 2.29. The Morgan fingerprint density at radius 1 is 1.47 bits per heavy atom. The molecule has 0 aliphatic heterocycles. The molecule has 0 aliphatic rings. The Morgan fingerprint density at radius 2 is 2.26 bits per heavy atom. The van der Waals surface area contributed by atoms with Crippen LogP contribution in [0.15, 0.2) is 33.8 Å². The standard InChI is InChI=1S/C14H19BrClNO2/c1-11(8-16)10-19-14-12(4-3-5-13(14)15)9-17-6-7-18-2/h3-5,8,17H,6-7,9-10H2,1-2H3/b11-8+. The van der Waals surface area contributed by atoms with E-state index in [4.69, 9.17) is 21.1 Å². The minimum Gasteiger partial charge on any atom is -0.488 e. The van der Waals surface area contributed by atoms with E-state index in [2.05, 4.69) is 21.2 Å². The van der Waals surface area contributed by atoms with Crippen molar-refractivity contribution < 1.29 is 9.47 Å². The monoisotopic (exact) mass is 347 g/mol. The number of ether oxygens (including phenoxy) is 2. The van der Waals surface area contributed by atoms with E-state index in [0.717, 1.165) is 34.4 Å². The normalized spacial score (nSPS) is 11.7. The fourth-order valence-corrected chi connectivity index (χ4v) is 2.05. The maximum atomic E-state index is 5.81. The summed E-state index contributed by atoms with van der Waals surface area (Å²) in [5.41, 5.74) is 3.62. The SMILES string of the molecule is COCCNCc1cccc(Br)c1OC/C(C)=C/Cl. The quantitative estimate of drug-likeness (QED) is 0.727. The molecule has 0 saturated carbocycles. The van der Waals surface area contributed by atoms with Crippen LogP contribution in [0.1, 0.15) is 12.5 Å². The van der Waals surface area contributed by atoms with E-state index >= 15 is 0 Å². The van der Waals surface area contributed by atoms with Crippen LogP contribution in [-0.4, -0.2) is 26.9 Å². The maximum absolute atomic E-state index is 5.81. The molecular weight excluding hydrogens is 330 g/mol. The molecule has 3 nitrogen and oxygen atoms in total. The molecule has 0 aromatic heterocycles. The Labute approximate surface area is 128 Å². The number of para-hydroxylation sites is 1. The highest BCUT2D eigenvalue weighted by molar-refractivity contribution is 9.10. The van der Waals surface area contributed by atoms with E-state index in [-0.39, 0.29) is 0 Å². The predicted molar refractivity (Wildman–Crippen MR) is 82.8 cm³/mol. The lowest BCUT2D eigenvalue weighted by molar-refractivity contribution is 0.199. The van der Waals surface area contributed by atoms with E-state index in [1.165, 1.54) is 5.54 Å². The fraction of sp³-hybridized carbons (Fsp3) is 0.429. The predicted octanol–water partition coefficient (Wildman–Crippen LogP) is 3.71. The molecule has 0 heterocycles. The average molecular weight is 349 g/mol.